The lowest BCUT2D eigenvalue weighted by Gasteiger charge is -2.20. The van der Waals surface area contributed by atoms with Gasteiger partial charge in [0.1, 0.15) is 5.69 Å². The number of hydrogen-bond donors (Lipinski definition) is 1. The summed E-state index contributed by atoms with van der Waals surface area (Å²) in [6, 6.07) is 17.3. The number of benzene rings is 2. The summed E-state index contributed by atoms with van der Waals surface area (Å²) < 4.78 is 0. The van der Waals surface area contributed by atoms with E-state index in [-0.39, 0.29) is 26.8 Å². The van der Waals surface area contributed by atoms with E-state index in [9.17, 15) is 4.79 Å². The summed E-state index contributed by atoms with van der Waals surface area (Å²) in [4.78, 5) is 16.8. The zero-order valence-electron chi connectivity index (χ0n) is 13.8. The van der Waals surface area contributed by atoms with E-state index < -0.39 is 5.91 Å². The van der Waals surface area contributed by atoms with Crippen molar-refractivity contribution < 1.29 is 4.79 Å². The molecule has 0 aliphatic heterocycles. The number of aromatic nitrogens is 1. The minimum atomic E-state index is -0.428. The molecule has 6 heteroatoms. The molecule has 0 aliphatic rings. The monoisotopic (exact) mass is 404 g/mol. The molecular formula is C20H15Cl3N2O. The minimum absolute atomic E-state index is 0.0346. The third kappa shape index (κ3) is 4.01. The lowest BCUT2D eigenvalue weighted by molar-refractivity contribution is 0.0938. The summed E-state index contributed by atoms with van der Waals surface area (Å²) in [5.41, 5.74) is 3.07. The average molecular weight is 406 g/mol. The average Bonchev–Trinajstić information content (AvgIpc) is 2.66. The van der Waals surface area contributed by atoms with Crippen LogP contribution in [0.4, 0.5) is 0 Å². The lowest BCUT2D eigenvalue weighted by Crippen LogP contribution is -2.30. The fourth-order valence-electron chi connectivity index (χ4n) is 2.56. The van der Waals surface area contributed by atoms with Crippen LogP contribution in [0, 0.1) is 6.92 Å². The normalized spacial score (nSPS) is 11.8. The Morgan fingerprint density at radius 3 is 2.19 bits per heavy atom. The van der Waals surface area contributed by atoms with Crippen LogP contribution in [-0.2, 0) is 0 Å². The van der Waals surface area contributed by atoms with Gasteiger partial charge in [0.15, 0.2) is 0 Å². The van der Waals surface area contributed by atoms with E-state index in [0.717, 1.165) is 16.7 Å². The van der Waals surface area contributed by atoms with Crippen LogP contribution in [0.15, 0.2) is 60.8 Å². The first-order valence-electron chi connectivity index (χ1n) is 7.89. The molecule has 0 aliphatic carbocycles. The number of rotatable bonds is 4. The number of carbonyl (C=O) groups excluding carboxylic acids is 1. The van der Waals surface area contributed by atoms with Gasteiger partial charge in [-0.2, -0.15) is 0 Å². The second-order valence-corrected chi connectivity index (χ2v) is 6.97. The molecule has 3 aromatic rings. The van der Waals surface area contributed by atoms with E-state index in [4.69, 9.17) is 34.8 Å². The van der Waals surface area contributed by atoms with Gasteiger partial charge in [-0.05, 0) is 18.1 Å². The Labute approximate surface area is 166 Å². The molecule has 0 saturated carbocycles. The van der Waals surface area contributed by atoms with Crippen molar-refractivity contribution in [3.8, 4) is 0 Å². The van der Waals surface area contributed by atoms with Crippen molar-refractivity contribution in [2.45, 2.75) is 13.0 Å². The number of carbonyl (C=O) groups is 1. The molecule has 1 heterocycles. The van der Waals surface area contributed by atoms with Crippen LogP contribution in [0.5, 0.6) is 0 Å². The molecule has 0 bridgehead atoms. The van der Waals surface area contributed by atoms with Gasteiger partial charge in [0.05, 0.1) is 21.1 Å². The maximum absolute atomic E-state index is 12.8. The molecular weight excluding hydrogens is 391 g/mol. The highest BCUT2D eigenvalue weighted by atomic mass is 35.5. The van der Waals surface area contributed by atoms with E-state index in [1.165, 1.54) is 6.20 Å². The predicted molar refractivity (Wildman–Crippen MR) is 106 cm³/mol. The molecule has 0 saturated heterocycles. The first kappa shape index (κ1) is 18.7. The molecule has 26 heavy (non-hydrogen) atoms. The summed E-state index contributed by atoms with van der Waals surface area (Å²) in [7, 11) is 0. The molecule has 1 atom stereocenters. The van der Waals surface area contributed by atoms with Gasteiger partial charge >= 0.3 is 0 Å². The fourth-order valence-corrected chi connectivity index (χ4v) is 3.13. The van der Waals surface area contributed by atoms with Gasteiger partial charge in [-0.25, -0.2) is 4.98 Å². The van der Waals surface area contributed by atoms with Crippen molar-refractivity contribution in [1.29, 1.82) is 0 Å². The van der Waals surface area contributed by atoms with Crippen LogP contribution in [-0.4, -0.2) is 10.9 Å². The quantitative estimate of drug-likeness (QED) is 0.590. The number of amides is 1. The number of hydrogen-bond acceptors (Lipinski definition) is 2. The summed E-state index contributed by atoms with van der Waals surface area (Å²) in [5.74, 6) is -0.428. The summed E-state index contributed by atoms with van der Waals surface area (Å²) >= 11 is 18.1. The van der Waals surface area contributed by atoms with Crippen molar-refractivity contribution in [1.82, 2.24) is 10.3 Å². The molecule has 1 amide bonds. The Morgan fingerprint density at radius 1 is 0.923 bits per heavy atom. The first-order chi connectivity index (χ1) is 12.5. The van der Waals surface area contributed by atoms with Gasteiger partial charge in [-0.1, -0.05) is 95.0 Å². The Balaban J connectivity index is 1.97. The van der Waals surface area contributed by atoms with Gasteiger partial charge in [-0.3, -0.25) is 4.79 Å². The Bertz CT molecular complexity index is 928. The van der Waals surface area contributed by atoms with Gasteiger partial charge < -0.3 is 5.32 Å². The second kappa shape index (κ2) is 8.09. The lowest BCUT2D eigenvalue weighted by atomic mass is 9.97. The second-order valence-electron chi connectivity index (χ2n) is 5.81. The van der Waals surface area contributed by atoms with E-state index in [1.807, 2.05) is 61.5 Å². The van der Waals surface area contributed by atoms with Crippen molar-refractivity contribution in [3.63, 3.8) is 0 Å². The predicted octanol–water partition coefficient (Wildman–Crippen LogP) is 5.87. The van der Waals surface area contributed by atoms with Gasteiger partial charge in [0.2, 0.25) is 0 Å². The molecule has 0 radical (unpaired) electrons. The Morgan fingerprint density at radius 2 is 1.54 bits per heavy atom. The van der Waals surface area contributed by atoms with Crippen LogP contribution in [0.2, 0.25) is 15.1 Å². The SMILES string of the molecule is Cc1ccc(C(NC(=O)c2ncc(Cl)c(Cl)c2Cl)c2ccccc2)cc1. The highest BCUT2D eigenvalue weighted by Gasteiger charge is 2.22. The van der Waals surface area contributed by atoms with E-state index >= 15 is 0 Å². The number of aryl methyl sites for hydroxylation is 1. The third-order valence-corrected chi connectivity index (χ3v) is 5.19. The van der Waals surface area contributed by atoms with Crippen LogP contribution in [0.3, 0.4) is 0 Å². The molecule has 2 aromatic carbocycles. The van der Waals surface area contributed by atoms with Crippen molar-refractivity contribution in [2.75, 3.05) is 0 Å². The Hall–Kier alpha value is -2.07. The smallest absolute Gasteiger partial charge is 0.272 e. The number of halogens is 3. The highest BCUT2D eigenvalue weighted by Crippen LogP contribution is 2.31. The zero-order chi connectivity index (χ0) is 18.7. The van der Waals surface area contributed by atoms with E-state index in [2.05, 4.69) is 10.3 Å². The van der Waals surface area contributed by atoms with Gasteiger partial charge in [0, 0.05) is 6.20 Å². The van der Waals surface area contributed by atoms with Crippen LogP contribution >= 0.6 is 34.8 Å². The summed E-state index contributed by atoms with van der Waals surface area (Å²) in [6.07, 6.45) is 1.31. The maximum Gasteiger partial charge on any atom is 0.272 e. The number of nitrogens with zero attached hydrogens (tertiary/aromatic N) is 1. The standard InChI is InChI=1S/C20H15Cl3N2O/c1-12-7-9-14(10-8-12)18(13-5-3-2-4-6-13)25-20(26)19-17(23)16(22)15(21)11-24-19/h2-11,18H,1H3,(H,25,26). The van der Waals surface area contributed by atoms with Gasteiger partial charge in [0.25, 0.3) is 5.91 Å². The highest BCUT2D eigenvalue weighted by molar-refractivity contribution is 6.48. The van der Waals surface area contributed by atoms with Crippen LogP contribution in [0.1, 0.15) is 33.2 Å². The molecule has 1 unspecified atom stereocenters. The third-order valence-electron chi connectivity index (χ3n) is 3.95. The molecule has 1 N–H and O–H groups in total. The molecule has 132 valence electrons. The molecule has 0 spiro atoms. The number of nitrogens with one attached hydrogen (secondary N) is 1. The molecule has 1 aromatic heterocycles. The molecule has 3 rings (SSSR count). The van der Waals surface area contributed by atoms with Crippen molar-refractivity contribution >= 4 is 40.7 Å². The topological polar surface area (TPSA) is 42.0 Å². The fraction of sp³-hybridized carbons (Fsp3) is 0.100. The maximum atomic E-state index is 12.8. The summed E-state index contributed by atoms with van der Waals surface area (Å²) in [5, 5.41) is 3.33. The van der Waals surface area contributed by atoms with E-state index in [1.54, 1.807) is 0 Å². The van der Waals surface area contributed by atoms with Crippen LogP contribution in [0.25, 0.3) is 0 Å². The minimum Gasteiger partial charge on any atom is -0.340 e. The van der Waals surface area contributed by atoms with Crippen LogP contribution < -0.4 is 5.32 Å². The van der Waals surface area contributed by atoms with Crippen molar-refractivity contribution in [2.24, 2.45) is 0 Å². The number of pyridine rings is 1. The van der Waals surface area contributed by atoms with E-state index in [0.29, 0.717) is 0 Å². The molecule has 0 fully saturated rings. The Kier molecular flexibility index (Phi) is 5.82. The van der Waals surface area contributed by atoms with Gasteiger partial charge in [-0.15, -0.1) is 0 Å². The summed E-state index contributed by atoms with van der Waals surface area (Å²) in [6.45, 7) is 2.01. The zero-order valence-corrected chi connectivity index (χ0v) is 16.1. The van der Waals surface area contributed by atoms with Crippen molar-refractivity contribution in [3.05, 3.63) is 98.2 Å². The largest absolute Gasteiger partial charge is 0.340 e. The first-order valence-corrected chi connectivity index (χ1v) is 9.02. The molecule has 3 nitrogen and oxygen atoms in total.